The summed E-state index contributed by atoms with van der Waals surface area (Å²) in [6, 6.07) is 3.97. The number of aromatic nitrogens is 3. The topological polar surface area (TPSA) is 51.1 Å². The summed E-state index contributed by atoms with van der Waals surface area (Å²) in [5.41, 5.74) is 1.16. The second-order valence-electron chi connectivity index (χ2n) is 4.94. The van der Waals surface area contributed by atoms with Crippen LogP contribution in [0.2, 0.25) is 0 Å². The van der Waals surface area contributed by atoms with E-state index >= 15 is 0 Å². The second kappa shape index (κ2) is 6.87. The van der Waals surface area contributed by atoms with Crippen LogP contribution in [0, 0.1) is 0 Å². The number of thioether (sulfide) groups is 1. The van der Waals surface area contributed by atoms with Gasteiger partial charge in [0.2, 0.25) is 0 Å². The van der Waals surface area contributed by atoms with E-state index in [0.717, 1.165) is 35.9 Å². The van der Waals surface area contributed by atoms with Gasteiger partial charge in [0.15, 0.2) is 0 Å². The Kier molecular flexibility index (Phi) is 4.67. The van der Waals surface area contributed by atoms with E-state index in [1.165, 1.54) is 0 Å². The molecule has 0 spiro atoms. The molecule has 1 aliphatic rings. The van der Waals surface area contributed by atoms with Gasteiger partial charge >= 0.3 is 0 Å². The Hall–Kier alpha value is -1.66. The van der Waals surface area contributed by atoms with Crippen LogP contribution in [0.15, 0.2) is 41.9 Å². The molecule has 1 aliphatic heterocycles. The van der Waals surface area contributed by atoms with Crippen molar-refractivity contribution in [2.24, 2.45) is 0 Å². The molecule has 110 valence electrons. The van der Waals surface area contributed by atoms with Gasteiger partial charge in [0.1, 0.15) is 10.8 Å². The van der Waals surface area contributed by atoms with E-state index in [4.69, 9.17) is 4.74 Å². The summed E-state index contributed by atoms with van der Waals surface area (Å²) < 4.78 is 5.97. The molecule has 0 N–H and O–H groups in total. The predicted octanol–water partition coefficient (Wildman–Crippen LogP) is 2.39. The zero-order chi connectivity index (χ0) is 14.5. The molecule has 1 fully saturated rings. The first-order valence-corrected chi connectivity index (χ1v) is 8.19. The van der Waals surface area contributed by atoms with E-state index in [-0.39, 0.29) is 6.10 Å². The van der Waals surface area contributed by atoms with E-state index in [1.807, 2.05) is 24.6 Å². The molecule has 6 heteroatoms. The maximum atomic E-state index is 5.97. The number of hydrogen-bond acceptors (Lipinski definition) is 6. The Balaban J connectivity index is 1.55. The molecule has 2 aromatic heterocycles. The normalized spacial score (nSPS) is 18.1. The van der Waals surface area contributed by atoms with Gasteiger partial charge in [0, 0.05) is 25.5 Å². The third kappa shape index (κ3) is 3.71. The lowest BCUT2D eigenvalue weighted by atomic mass is 10.3. The van der Waals surface area contributed by atoms with Crippen molar-refractivity contribution in [1.82, 2.24) is 15.0 Å². The lowest BCUT2D eigenvalue weighted by Gasteiger charge is -2.17. The van der Waals surface area contributed by atoms with Gasteiger partial charge < -0.3 is 9.64 Å². The van der Waals surface area contributed by atoms with E-state index in [0.29, 0.717) is 6.61 Å². The minimum absolute atomic E-state index is 0.248. The molecule has 1 saturated heterocycles. The van der Waals surface area contributed by atoms with Crippen molar-refractivity contribution < 1.29 is 4.74 Å². The lowest BCUT2D eigenvalue weighted by Crippen LogP contribution is -2.23. The molecular weight excluding hydrogens is 284 g/mol. The predicted molar refractivity (Wildman–Crippen MR) is 83.5 cm³/mol. The first-order chi connectivity index (χ1) is 10.3. The summed E-state index contributed by atoms with van der Waals surface area (Å²) >= 11 is 1.61. The van der Waals surface area contributed by atoms with Gasteiger partial charge in [-0.3, -0.25) is 9.97 Å². The van der Waals surface area contributed by atoms with Gasteiger partial charge in [-0.05, 0) is 30.4 Å². The van der Waals surface area contributed by atoms with Crippen LogP contribution in [-0.4, -0.2) is 40.4 Å². The van der Waals surface area contributed by atoms with Crippen molar-refractivity contribution in [3.63, 3.8) is 0 Å². The minimum atomic E-state index is 0.248. The molecule has 0 unspecified atom stereocenters. The van der Waals surface area contributed by atoms with Crippen LogP contribution in [0.4, 0.5) is 5.82 Å². The SMILES string of the molecule is CSc1cncc(N2CC[C@@H](OCc3ccncc3)C2)n1. The summed E-state index contributed by atoms with van der Waals surface area (Å²) in [6.07, 6.45) is 10.5. The van der Waals surface area contributed by atoms with Gasteiger partial charge in [0.05, 0.1) is 25.1 Å². The highest BCUT2D eigenvalue weighted by atomic mass is 32.2. The van der Waals surface area contributed by atoms with Crippen molar-refractivity contribution in [3.05, 3.63) is 42.5 Å². The molecule has 5 nitrogen and oxygen atoms in total. The third-order valence-electron chi connectivity index (χ3n) is 3.51. The third-order valence-corrected chi connectivity index (χ3v) is 4.13. The fraction of sp³-hybridized carbons (Fsp3) is 0.400. The van der Waals surface area contributed by atoms with E-state index in [9.17, 15) is 0 Å². The summed E-state index contributed by atoms with van der Waals surface area (Å²) in [6.45, 7) is 2.47. The highest BCUT2D eigenvalue weighted by Gasteiger charge is 2.24. The average Bonchev–Trinajstić information content (AvgIpc) is 3.03. The molecule has 0 radical (unpaired) electrons. The van der Waals surface area contributed by atoms with Gasteiger partial charge in [0.25, 0.3) is 0 Å². The van der Waals surface area contributed by atoms with Crippen LogP contribution in [0.1, 0.15) is 12.0 Å². The molecule has 0 aromatic carbocycles. The van der Waals surface area contributed by atoms with Crippen molar-refractivity contribution >= 4 is 17.6 Å². The molecule has 0 aliphatic carbocycles. The molecular formula is C15H18N4OS. The largest absolute Gasteiger partial charge is 0.372 e. The van der Waals surface area contributed by atoms with Gasteiger partial charge in [-0.25, -0.2) is 4.98 Å². The number of ether oxygens (including phenoxy) is 1. The Labute approximate surface area is 128 Å². The lowest BCUT2D eigenvalue weighted by molar-refractivity contribution is 0.0553. The summed E-state index contributed by atoms with van der Waals surface area (Å²) in [5, 5.41) is 0.952. The second-order valence-corrected chi connectivity index (χ2v) is 5.77. The molecule has 0 bridgehead atoms. The van der Waals surface area contributed by atoms with Crippen molar-refractivity contribution in [1.29, 1.82) is 0 Å². The molecule has 3 heterocycles. The van der Waals surface area contributed by atoms with Crippen molar-refractivity contribution in [3.8, 4) is 0 Å². The van der Waals surface area contributed by atoms with Gasteiger partial charge in [-0.1, -0.05) is 0 Å². The summed E-state index contributed by atoms with van der Waals surface area (Å²) in [4.78, 5) is 15.1. The standard InChI is InChI=1S/C15H18N4OS/c1-21-15-9-17-8-14(18-15)19-7-4-13(10-19)20-11-12-2-5-16-6-3-12/h2-3,5-6,8-9,13H,4,7,10-11H2,1H3/t13-/m1/s1. The maximum absolute atomic E-state index is 5.97. The number of rotatable bonds is 5. The highest BCUT2D eigenvalue weighted by molar-refractivity contribution is 7.98. The first-order valence-electron chi connectivity index (χ1n) is 6.96. The number of anilines is 1. The van der Waals surface area contributed by atoms with Crippen LogP contribution in [0.3, 0.4) is 0 Å². The number of nitrogens with zero attached hydrogens (tertiary/aromatic N) is 4. The maximum Gasteiger partial charge on any atom is 0.148 e. The molecule has 1 atom stereocenters. The van der Waals surface area contributed by atoms with E-state index < -0.39 is 0 Å². The van der Waals surface area contributed by atoms with Gasteiger partial charge in [-0.2, -0.15) is 0 Å². The average molecular weight is 302 g/mol. The minimum Gasteiger partial charge on any atom is -0.372 e. The van der Waals surface area contributed by atoms with Crippen molar-refractivity contribution in [2.75, 3.05) is 24.2 Å². The molecule has 0 amide bonds. The molecule has 21 heavy (non-hydrogen) atoms. The van der Waals surface area contributed by atoms with Gasteiger partial charge in [-0.15, -0.1) is 11.8 Å². The van der Waals surface area contributed by atoms with Crippen LogP contribution in [0.25, 0.3) is 0 Å². The van der Waals surface area contributed by atoms with E-state index in [1.54, 1.807) is 30.4 Å². The first kappa shape index (κ1) is 14.3. The number of pyridine rings is 1. The van der Waals surface area contributed by atoms with E-state index in [2.05, 4.69) is 19.9 Å². The monoisotopic (exact) mass is 302 g/mol. The Bertz CT molecular complexity index is 581. The van der Waals surface area contributed by atoms with Crippen LogP contribution in [0.5, 0.6) is 0 Å². The molecule has 3 rings (SSSR count). The Morgan fingerprint density at radius 3 is 2.95 bits per heavy atom. The van der Waals surface area contributed by atoms with Crippen LogP contribution < -0.4 is 4.90 Å². The Morgan fingerprint density at radius 1 is 1.29 bits per heavy atom. The fourth-order valence-corrected chi connectivity index (χ4v) is 2.71. The summed E-state index contributed by atoms with van der Waals surface area (Å²) in [5.74, 6) is 0.942. The molecule has 2 aromatic rings. The van der Waals surface area contributed by atoms with Crippen LogP contribution >= 0.6 is 11.8 Å². The fourth-order valence-electron chi connectivity index (χ4n) is 2.35. The smallest absolute Gasteiger partial charge is 0.148 e. The van der Waals surface area contributed by atoms with Crippen molar-refractivity contribution in [2.45, 2.75) is 24.2 Å². The Morgan fingerprint density at radius 2 is 2.14 bits per heavy atom. The molecule has 0 saturated carbocycles. The quantitative estimate of drug-likeness (QED) is 0.791. The number of hydrogen-bond donors (Lipinski definition) is 0. The zero-order valence-electron chi connectivity index (χ0n) is 12.0. The van der Waals surface area contributed by atoms with Crippen LogP contribution in [-0.2, 0) is 11.3 Å². The zero-order valence-corrected chi connectivity index (χ0v) is 12.8. The highest BCUT2D eigenvalue weighted by Crippen LogP contribution is 2.22. The summed E-state index contributed by atoms with van der Waals surface area (Å²) in [7, 11) is 0.